The van der Waals surface area contributed by atoms with E-state index in [-0.39, 0.29) is 17.3 Å². The van der Waals surface area contributed by atoms with Gasteiger partial charge in [-0.25, -0.2) is 9.78 Å². The summed E-state index contributed by atoms with van der Waals surface area (Å²) in [6.45, 7) is 2.22. The SMILES string of the molecule is COCCNC(=O)C(C)NC(=O)c1cccc(C(=O)O)n1. The molecule has 0 aliphatic rings. The number of rotatable bonds is 7. The van der Waals surface area contributed by atoms with Gasteiger partial charge in [0.25, 0.3) is 5.91 Å². The Labute approximate surface area is 121 Å². The van der Waals surface area contributed by atoms with Gasteiger partial charge in [0.15, 0.2) is 0 Å². The molecule has 8 heteroatoms. The van der Waals surface area contributed by atoms with Crippen LogP contribution in [0.15, 0.2) is 18.2 Å². The molecule has 2 amide bonds. The van der Waals surface area contributed by atoms with Crippen molar-refractivity contribution in [3.05, 3.63) is 29.6 Å². The first kappa shape index (κ1) is 16.6. The number of carbonyl (C=O) groups is 3. The van der Waals surface area contributed by atoms with Crippen LogP contribution in [-0.2, 0) is 9.53 Å². The minimum atomic E-state index is -1.23. The summed E-state index contributed by atoms with van der Waals surface area (Å²) in [5, 5.41) is 13.8. The van der Waals surface area contributed by atoms with E-state index in [0.29, 0.717) is 13.2 Å². The van der Waals surface area contributed by atoms with Crippen LogP contribution in [-0.4, -0.2) is 54.2 Å². The largest absolute Gasteiger partial charge is 0.477 e. The number of hydrogen-bond acceptors (Lipinski definition) is 5. The van der Waals surface area contributed by atoms with Crippen molar-refractivity contribution >= 4 is 17.8 Å². The van der Waals surface area contributed by atoms with Crippen LogP contribution in [0.1, 0.15) is 27.9 Å². The summed E-state index contributed by atoms with van der Waals surface area (Å²) < 4.78 is 4.79. The molecule has 0 aromatic carbocycles. The standard InChI is InChI=1S/C13H17N3O5/c1-8(11(17)14-6-7-21-2)15-12(18)9-4-3-5-10(16-9)13(19)20/h3-5,8H,6-7H2,1-2H3,(H,14,17)(H,15,18)(H,19,20). The van der Waals surface area contributed by atoms with Crippen molar-refractivity contribution in [2.75, 3.05) is 20.3 Å². The lowest BCUT2D eigenvalue weighted by Crippen LogP contribution is -2.45. The van der Waals surface area contributed by atoms with Crippen LogP contribution < -0.4 is 10.6 Å². The Morgan fingerprint density at radius 3 is 2.62 bits per heavy atom. The molecular weight excluding hydrogens is 278 g/mol. The second kappa shape index (κ2) is 7.95. The summed E-state index contributed by atoms with van der Waals surface area (Å²) in [5.41, 5.74) is -0.300. The number of ether oxygens (including phenoxy) is 1. The summed E-state index contributed by atoms with van der Waals surface area (Å²) in [7, 11) is 1.51. The molecule has 0 saturated heterocycles. The Morgan fingerprint density at radius 2 is 2.00 bits per heavy atom. The van der Waals surface area contributed by atoms with Crippen molar-refractivity contribution in [2.24, 2.45) is 0 Å². The number of pyridine rings is 1. The number of amides is 2. The van der Waals surface area contributed by atoms with Gasteiger partial charge >= 0.3 is 5.97 Å². The highest BCUT2D eigenvalue weighted by atomic mass is 16.5. The molecule has 8 nitrogen and oxygen atoms in total. The predicted octanol–water partition coefficient (Wildman–Crippen LogP) is -0.339. The van der Waals surface area contributed by atoms with Gasteiger partial charge in [-0.1, -0.05) is 6.07 Å². The summed E-state index contributed by atoms with van der Waals surface area (Å²) in [6.07, 6.45) is 0. The fraction of sp³-hybridized carbons (Fsp3) is 0.385. The topological polar surface area (TPSA) is 118 Å². The Hall–Kier alpha value is -2.48. The van der Waals surface area contributed by atoms with Crippen LogP contribution in [0.2, 0.25) is 0 Å². The minimum Gasteiger partial charge on any atom is -0.477 e. The summed E-state index contributed by atoms with van der Waals surface area (Å²) in [4.78, 5) is 38.0. The maximum Gasteiger partial charge on any atom is 0.354 e. The average molecular weight is 295 g/mol. The average Bonchev–Trinajstić information content (AvgIpc) is 2.47. The van der Waals surface area contributed by atoms with Gasteiger partial charge in [-0.2, -0.15) is 0 Å². The first-order valence-electron chi connectivity index (χ1n) is 6.23. The first-order chi connectivity index (χ1) is 9.95. The van der Waals surface area contributed by atoms with Gasteiger partial charge in [0.1, 0.15) is 17.4 Å². The Morgan fingerprint density at radius 1 is 1.33 bits per heavy atom. The second-order valence-electron chi connectivity index (χ2n) is 4.19. The number of hydrogen-bond donors (Lipinski definition) is 3. The maximum atomic E-state index is 11.9. The number of aromatic carboxylic acids is 1. The molecule has 3 N–H and O–H groups in total. The predicted molar refractivity (Wildman–Crippen MR) is 73.0 cm³/mol. The third-order valence-corrected chi connectivity index (χ3v) is 2.55. The van der Waals surface area contributed by atoms with Crippen LogP contribution in [0.3, 0.4) is 0 Å². The molecule has 1 rings (SSSR count). The molecule has 21 heavy (non-hydrogen) atoms. The zero-order valence-electron chi connectivity index (χ0n) is 11.8. The summed E-state index contributed by atoms with van der Waals surface area (Å²) >= 11 is 0. The van der Waals surface area contributed by atoms with Crippen LogP contribution in [0.5, 0.6) is 0 Å². The molecule has 0 aliphatic heterocycles. The van der Waals surface area contributed by atoms with E-state index in [1.807, 2.05) is 0 Å². The van der Waals surface area contributed by atoms with E-state index in [2.05, 4.69) is 15.6 Å². The molecule has 0 fully saturated rings. The molecule has 1 aromatic heterocycles. The highest BCUT2D eigenvalue weighted by Gasteiger charge is 2.17. The highest BCUT2D eigenvalue weighted by Crippen LogP contribution is 2.00. The molecule has 1 aromatic rings. The lowest BCUT2D eigenvalue weighted by molar-refractivity contribution is -0.122. The quantitative estimate of drug-likeness (QED) is 0.592. The molecular formula is C13H17N3O5. The molecule has 0 saturated carbocycles. The van der Waals surface area contributed by atoms with E-state index in [0.717, 1.165) is 0 Å². The molecule has 0 spiro atoms. The third-order valence-electron chi connectivity index (χ3n) is 2.55. The fourth-order valence-electron chi connectivity index (χ4n) is 1.45. The van der Waals surface area contributed by atoms with Crippen molar-refractivity contribution in [1.82, 2.24) is 15.6 Å². The second-order valence-corrected chi connectivity index (χ2v) is 4.19. The summed E-state index contributed by atoms with van der Waals surface area (Å²) in [6, 6.07) is 3.29. The number of carbonyl (C=O) groups excluding carboxylic acids is 2. The number of methoxy groups -OCH3 is 1. The number of aromatic nitrogens is 1. The van der Waals surface area contributed by atoms with Gasteiger partial charge in [0.05, 0.1) is 6.61 Å². The normalized spacial score (nSPS) is 11.5. The van der Waals surface area contributed by atoms with Crippen molar-refractivity contribution in [3.8, 4) is 0 Å². The van der Waals surface area contributed by atoms with Crippen molar-refractivity contribution < 1.29 is 24.2 Å². The van der Waals surface area contributed by atoms with E-state index in [1.165, 1.54) is 32.2 Å². The smallest absolute Gasteiger partial charge is 0.354 e. The molecule has 1 heterocycles. The Kier molecular flexibility index (Phi) is 6.28. The van der Waals surface area contributed by atoms with Crippen LogP contribution in [0.4, 0.5) is 0 Å². The molecule has 1 atom stereocenters. The number of carboxylic acid groups (broad SMARTS) is 1. The number of nitrogens with one attached hydrogen (secondary N) is 2. The Bertz CT molecular complexity index is 532. The zero-order valence-corrected chi connectivity index (χ0v) is 11.8. The van der Waals surface area contributed by atoms with Crippen LogP contribution in [0.25, 0.3) is 0 Å². The number of carboxylic acids is 1. The lowest BCUT2D eigenvalue weighted by Gasteiger charge is -2.13. The van der Waals surface area contributed by atoms with E-state index < -0.39 is 17.9 Å². The van der Waals surface area contributed by atoms with Gasteiger partial charge in [-0.05, 0) is 19.1 Å². The lowest BCUT2D eigenvalue weighted by atomic mass is 10.2. The zero-order chi connectivity index (χ0) is 15.8. The van der Waals surface area contributed by atoms with Crippen LogP contribution in [0, 0.1) is 0 Å². The van der Waals surface area contributed by atoms with Crippen molar-refractivity contribution in [1.29, 1.82) is 0 Å². The van der Waals surface area contributed by atoms with Gasteiger partial charge in [-0.15, -0.1) is 0 Å². The first-order valence-corrected chi connectivity index (χ1v) is 6.23. The monoisotopic (exact) mass is 295 g/mol. The third kappa shape index (κ3) is 5.19. The maximum absolute atomic E-state index is 11.9. The molecule has 0 radical (unpaired) electrons. The number of nitrogens with zero attached hydrogens (tertiary/aromatic N) is 1. The van der Waals surface area contributed by atoms with Crippen molar-refractivity contribution in [2.45, 2.75) is 13.0 Å². The van der Waals surface area contributed by atoms with E-state index >= 15 is 0 Å². The molecule has 114 valence electrons. The van der Waals surface area contributed by atoms with E-state index in [9.17, 15) is 14.4 Å². The molecule has 1 unspecified atom stereocenters. The fourth-order valence-corrected chi connectivity index (χ4v) is 1.45. The van der Waals surface area contributed by atoms with Crippen molar-refractivity contribution in [3.63, 3.8) is 0 Å². The molecule has 0 aliphatic carbocycles. The molecule has 0 bridgehead atoms. The van der Waals surface area contributed by atoms with Crippen LogP contribution >= 0.6 is 0 Å². The van der Waals surface area contributed by atoms with Gasteiger partial charge in [0.2, 0.25) is 5.91 Å². The Balaban J connectivity index is 2.61. The van der Waals surface area contributed by atoms with E-state index in [1.54, 1.807) is 0 Å². The van der Waals surface area contributed by atoms with Gasteiger partial charge in [0, 0.05) is 13.7 Å². The summed E-state index contributed by atoms with van der Waals surface area (Å²) in [5.74, 6) is -2.21. The highest BCUT2D eigenvalue weighted by molar-refractivity contribution is 5.97. The van der Waals surface area contributed by atoms with E-state index in [4.69, 9.17) is 9.84 Å². The minimum absolute atomic E-state index is 0.0635. The van der Waals surface area contributed by atoms with Gasteiger partial charge < -0.3 is 20.5 Å². The van der Waals surface area contributed by atoms with Gasteiger partial charge in [-0.3, -0.25) is 9.59 Å².